The molecule has 0 saturated heterocycles. The van der Waals surface area contributed by atoms with Gasteiger partial charge in [-0.25, -0.2) is 9.78 Å². The number of aromatic nitrogens is 1. The van der Waals surface area contributed by atoms with Gasteiger partial charge in [0, 0.05) is 24.1 Å². The second kappa shape index (κ2) is 6.90. The zero-order chi connectivity index (χ0) is 18.1. The molecule has 4 rings (SSSR count). The van der Waals surface area contributed by atoms with Crippen molar-refractivity contribution in [3.63, 3.8) is 0 Å². The number of methoxy groups -OCH3 is 1. The number of rotatable bonds is 5. The Balaban J connectivity index is 1.60. The lowest BCUT2D eigenvalue weighted by atomic mass is 10.1. The average molecular weight is 366 g/mol. The molecule has 0 amide bonds. The van der Waals surface area contributed by atoms with Crippen LogP contribution >= 0.6 is 11.3 Å². The Labute approximate surface area is 154 Å². The van der Waals surface area contributed by atoms with E-state index >= 15 is 0 Å². The first-order valence-corrected chi connectivity index (χ1v) is 9.08. The van der Waals surface area contributed by atoms with Gasteiger partial charge in [0.05, 0.1) is 23.9 Å². The standard InChI is InChI=1S/C20H18N2O3S/c1-22(12-19-21-16-5-3-4-6-18(16)26-19)11-13-9-20(23)25-17-10-14(24-2)7-8-15(13)17/h3-10H,11-12H2,1-2H3. The Morgan fingerprint density at radius 3 is 2.81 bits per heavy atom. The Kier molecular flexibility index (Phi) is 4.44. The van der Waals surface area contributed by atoms with Gasteiger partial charge in [-0.3, -0.25) is 4.90 Å². The maximum atomic E-state index is 11.9. The second-order valence-electron chi connectivity index (χ2n) is 6.20. The molecular formula is C20H18N2O3S. The highest BCUT2D eigenvalue weighted by Gasteiger charge is 2.11. The van der Waals surface area contributed by atoms with Crippen LogP contribution in [0.3, 0.4) is 0 Å². The van der Waals surface area contributed by atoms with E-state index < -0.39 is 0 Å². The highest BCUT2D eigenvalue weighted by atomic mass is 32.1. The summed E-state index contributed by atoms with van der Waals surface area (Å²) in [6, 6.07) is 15.2. The third-order valence-corrected chi connectivity index (χ3v) is 5.24. The number of hydrogen-bond acceptors (Lipinski definition) is 6. The van der Waals surface area contributed by atoms with Crippen LogP contribution in [0.5, 0.6) is 5.75 Å². The van der Waals surface area contributed by atoms with Crippen LogP contribution in [0.1, 0.15) is 10.6 Å². The van der Waals surface area contributed by atoms with Crippen molar-refractivity contribution in [3.8, 4) is 5.75 Å². The zero-order valence-electron chi connectivity index (χ0n) is 14.6. The molecule has 0 aliphatic rings. The molecule has 0 bridgehead atoms. The van der Waals surface area contributed by atoms with E-state index in [4.69, 9.17) is 9.15 Å². The Hall–Kier alpha value is -2.70. The molecule has 0 saturated carbocycles. The number of ether oxygens (including phenoxy) is 1. The van der Waals surface area contributed by atoms with E-state index in [1.165, 1.54) is 4.70 Å². The van der Waals surface area contributed by atoms with Crippen LogP contribution in [0.4, 0.5) is 0 Å². The topological polar surface area (TPSA) is 55.6 Å². The predicted octanol–water partition coefficient (Wildman–Crippen LogP) is 4.04. The first kappa shape index (κ1) is 16.8. The monoisotopic (exact) mass is 366 g/mol. The smallest absolute Gasteiger partial charge is 0.336 e. The summed E-state index contributed by atoms with van der Waals surface area (Å²) in [5.74, 6) is 0.667. The number of benzene rings is 2. The van der Waals surface area contributed by atoms with E-state index in [9.17, 15) is 4.79 Å². The van der Waals surface area contributed by atoms with E-state index in [1.54, 1.807) is 30.6 Å². The van der Waals surface area contributed by atoms with E-state index in [0.717, 1.165) is 28.0 Å². The van der Waals surface area contributed by atoms with Crippen molar-refractivity contribution in [1.29, 1.82) is 0 Å². The van der Waals surface area contributed by atoms with Gasteiger partial charge in [0.15, 0.2) is 0 Å². The van der Waals surface area contributed by atoms with Gasteiger partial charge >= 0.3 is 5.63 Å². The fourth-order valence-corrected chi connectivity index (χ4v) is 4.08. The summed E-state index contributed by atoms with van der Waals surface area (Å²) in [5.41, 5.74) is 2.15. The number of thiazole rings is 1. The van der Waals surface area contributed by atoms with Gasteiger partial charge in [-0.1, -0.05) is 12.1 Å². The van der Waals surface area contributed by atoms with Crippen molar-refractivity contribution >= 4 is 32.5 Å². The first-order valence-electron chi connectivity index (χ1n) is 8.26. The van der Waals surface area contributed by atoms with Gasteiger partial charge in [0.2, 0.25) is 0 Å². The Bertz CT molecular complexity index is 1100. The summed E-state index contributed by atoms with van der Waals surface area (Å²) in [7, 11) is 3.62. The minimum Gasteiger partial charge on any atom is -0.497 e. The molecule has 0 fully saturated rings. The summed E-state index contributed by atoms with van der Waals surface area (Å²) in [6.45, 7) is 1.35. The third kappa shape index (κ3) is 3.34. The summed E-state index contributed by atoms with van der Waals surface area (Å²) >= 11 is 1.70. The molecule has 6 heteroatoms. The van der Waals surface area contributed by atoms with Crippen LogP contribution in [0, 0.1) is 0 Å². The molecule has 0 unspecified atom stereocenters. The highest BCUT2D eigenvalue weighted by molar-refractivity contribution is 7.18. The normalized spacial score (nSPS) is 11.5. The van der Waals surface area contributed by atoms with Gasteiger partial charge in [-0.05, 0) is 36.9 Å². The predicted molar refractivity (Wildman–Crippen MR) is 104 cm³/mol. The fraction of sp³-hybridized carbons (Fsp3) is 0.200. The lowest BCUT2D eigenvalue weighted by Gasteiger charge is -2.16. The maximum absolute atomic E-state index is 11.9. The number of para-hydroxylation sites is 1. The largest absolute Gasteiger partial charge is 0.497 e. The number of fused-ring (bicyclic) bond motifs is 2. The van der Waals surface area contributed by atoms with E-state index in [0.29, 0.717) is 17.9 Å². The highest BCUT2D eigenvalue weighted by Crippen LogP contribution is 2.25. The van der Waals surface area contributed by atoms with Crippen LogP contribution in [-0.2, 0) is 13.1 Å². The molecule has 132 valence electrons. The minimum absolute atomic E-state index is 0.353. The van der Waals surface area contributed by atoms with Crippen LogP contribution in [0.15, 0.2) is 57.7 Å². The van der Waals surface area contributed by atoms with Gasteiger partial charge in [0.25, 0.3) is 0 Å². The quantitative estimate of drug-likeness (QED) is 0.499. The molecule has 2 aromatic heterocycles. The SMILES string of the molecule is COc1ccc2c(CN(C)Cc3nc4ccccc4s3)cc(=O)oc2c1. The molecule has 0 aliphatic carbocycles. The molecule has 5 nitrogen and oxygen atoms in total. The van der Waals surface area contributed by atoms with Crippen LogP contribution in [-0.4, -0.2) is 24.0 Å². The molecule has 2 heterocycles. The Morgan fingerprint density at radius 2 is 2.00 bits per heavy atom. The number of nitrogens with zero attached hydrogens (tertiary/aromatic N) is 2. The molecular weight excluding hydrogens is 348 g/mol. The van der Waals surface area contributed by atoms with Crippen LogP contribution in [0.25, 0.3) is 21.2 Å². The molecule has 2 aromatic carbocycles. The zero-order valence-corrected chi connectivity index (χ0v) is 15.4. The fourth-order valence-electron chi connectivity index (χ4n) is 3.03. The van der Waals surface area contributed by atoms with Crippen molar-refractivity contribution in [2.45, 2.75) is 13.1 Å². The van der Waals surface area contributed by atoms with E-state index in [2.05, 4.69) is 16.0 Å². The molecule has 0 radical (unpaired) electrons. The average Bonchev–Trinajstić information content (AvgIpc) is 3.02. The third-order valence-electron chi connectivity index (χ3n) is 4.22. The van der Waals surface area contributed by atoms with Crippen molar-refractivity contribution in [2.24, 2.45) is 0 Å². The van der Waals surface area contributed by atoms with E-state index in [-0.39, 0.29) is 5.63 Å². The first-order chi connectivity index (χ1) is 12.6. The molecule has 4 aromatic rings. The van der Waals surface area contributed by atoms with Crippen molar-refractivity contribution in [2.75, 3.05) is 14.2 Å². The Morgan fingerprint density at radius 1 is 1.15 bits per heavy atom. The summed E-state index contributed by atoms with van der Waals surface area (Å²) in [5, 5.41) is 1.98. The van der Waals surface area contributed by atoms with Crippen molar-refractivity contribution in [3.05, 3.63) is 69.5 Å². The summed E-state index contributed by atoms with van der Waals surface area (Å²) in [6.07, 6.45) is 0. The van der Waals surface area contributed by atoms with Gasteiger partial charge in [0.1, 0.15) is 16.3 Å². The lowest BCUT2D eigenvalue weighted by Crippen LogP contribution is -2.18. The molecule has 0 aliphatic heterocycles. The van der Waals surface area contributed by atoms with Crippen LogP contribution in [0.2, 0.25) is 0 Å². The summed E-state index contributed by atoms with van der Waals surface area (Å²) in [4.78, 5) is 18.8. The van der Waals surface area contributed by atoms with Gasteiger partial charge in [-0.2, -0.15) is 0 Å². The molecule has 0 N–H and O–H groups in total. The van der Waals surface area contributed by atoms with E-state index in [1.807, 2.05) is 37.4 Å². The molecule has 0 atom stereocenters. The van der Waals surface area contributed by atoms with Crippen LogP contribution < -0.4 is 10.4 Å². The lowest BCUT2D eigenvalue weighted by molar-refractivity contribution is 0.319. The number of hydrogen-bond donors (Lipinski definition) is 0. The van der Waals surface area contributed by atoms with Crippen molar-refractivity contribution < 1.29 is 9.15 Å². The minimum atomic E-state index is -0.353. The van der Waals surface area contributed by atoms with Gasteiger partial charge < -0.3 is 9.15 Å². The maximum Gasteiger partial charge on any atom is 0.336 e. The molecule has 26 heavy (non-hydrogen) atoms. The van der Waals surface area contributed by atoms with Crippen molar-refractivity contribution in [1.82, 2.24) is 9.88 Å². The summed E-state index contributed by atoms with van der Waals surface area (Å²) < 4.78 is 11.7. The van der Waals surface area contributed by atoms with Gasteiger partial charge in [-0.15, -0.1) is 11.3 Å². The molecule has 0 spiro atoms. The second-order valence-corrected chi connectivity index (χ2v) is 7.32.